The van der Waals surface area contributed by atoms with Crippen LogP contribution in [0, 0.1) is 0 Å². The summed E-state index contributed by atoms with van der Waals surface area (Å²) in [5.41, 5.74) is 1.32. The SMILES string of the molecule is CCCCCCN1CCOC(c2ccccc2)C1. The van der Waals surface area contributed by atoms with Crippen LogP contribution < -0.4 is 0 Å². The molecular weight excluding hydrogens is 222 g/mol. The van der Waals surface area contributed by atoms with Crippen LogP contribution in [0.2, 0.25) is 0 Å². The minimum Gasteiger partial charge on any atom is -0.371 e. The Hall–Kier alpha value is -0.860. The first-order valence-electron chi connectivity index (χ1n) is 7.29. The van der Waals surface area contributed by atoms with Crippen LogP contribution >= 0.6 is 0 Å². The monoisotopic (exact) mass is 247 g/mol. The van der Waals surface area contributed by atoms with Crippen molar-refractivity contribution in [1.82, 2.24) is 4.90 Å². The van der Waals surface area contributed by atoms with Crippen LogP contribution in [-0.2, 0) is 4.74 Å². The molecule has 1 saturated heterocycles. The second kappa shape index (κ2) is 7.55. The van der Waals surface area contributed by atoms with E-state index in [-0.39, 0.29) is 6.10 Å². The van der Waals surface area contributed by atoms with Gasteiger partial charge in [0.05, 0.1) is 12.7 Å². The van der Waals surface area contributed by atoms with Gasteiger partial charge >= 0.3 is 0 Å². The van der Waals surface area contributed by atoms with E-state index >= 15 is 0 Å². The van der Waals surface area contributed by atoms with Crippen molar-refractivity contribution >= 4 is 0 Å². The summed E-state index contributed by atoms with van der Waals surface area (Å²) in [4.78, 5) is 2.55. The summed E-state index contributed by atoms with van der Waals surface area (Å²) >= 11 is 0. The summed E-state index contributed by atoms with van der Waals surface area (Å²) in [5, 5.41) is 0. The summed E-state index contributed by atoms with van der Waals surface area (Å²) in [6.07, 6.45) is 5.65. The zero-order valence-corrected chi connectivity index (χ0v) is 11.5. The van der Waals surface area contributed by atoms with Crippen LogP contribution in [0.1, 0.15) is 44.3 Å². The zero-order chi connectivity index (χ0) is 12.6. The number of ether oxygens (including phenoxy) is 1. The molecule has 18 heavy (non-hydrogen) atoms. The van der Waals surface area contributed by atoms with Gasteiger partial charge in [-0.2, -0.15) is 0 Å². The molecule has 0 N–H and O–H groups in total. The van der Waals surface area contributed by atoms with Gasteiger partial charge in [-0.3, -0.25) is 4.90 Å². The molecule has 1 atom stereocenters. The number of morpholine rings is 1. The van der Waals surface area contributed by atoms with Gasteiger partial charge in [-0.1, -0.05) is 56.5 Å². The summed E-state index contributed by atoms with van der Waals surface area (Å²) in [6.45, 7) is 6.51. The van der Waals surface area contributed by atoms with Crippen molar-refractivity contribution in [2.45, 2.75) is 38.7 Å². The molecule has 2 rings (SSSR count). The van der Waals surface area contributed by atoms with Gasteiger partial charge in [0.1, 0.15) is 0 Å². The highest BCUT2D eigenvalue weighted by atomic mass is 16.5. The molecule has 0 aromatic heterocycles. The maximum atomic E-state index is 5.88. The van der Waals surface area contributed by atoms with E-state index in [1.165, 1.54) is 37.8 Å². The largest absolute Gasteiger partial charge is 0.371 e. The normalized spacial score (nSPS) is 21.1. The second-order valence-electron chi connectivity index (χ2n) is 5.13. The average Bonchev–Trinajstić information content (AvgIpc) is 2.45. The standard InChI is InChI=1S/C16H25NO/c1-2-3-4-8-11-17-12-13-18-16(14-17)15-9-6-5-7-10-15/h5-7,9-10,16H,2-4,8,11-14H2,1H3. The smallest absolute Gasteiger partial charge is 0.0952 e. The fourth-order valence-corrected chi connectivity index (χ4v) is 2.54. The maximum absolute atomic E-state index is 5.88. The summed E-state index contributed by atoms with van der Waals surface area (Å²) in [6, 6.07) is 10.6. The van der Waals surface area contributed by atoms with Crippen molar-refractivity contribution in [2.24, 2.45) is 0 Å². The number of rotatable bonds is 6. The van der Waals surface area contributed by atoms with E-state index in [1.54, 1.807) is 0 Å². The molecule has 1 aliphatic heterocycles. The van der Waals surface area contributed by atoms with E-state index in [0.29, 0.717) is 0 Å². The molecule has 1 aliphatic rings. The lowest BCUT2D eigenvalue weighted by Gasteiger charge is -2.33. The fraction of sp³-hybridized carbons (Fsp3) is 0.625. The molecule has 0 saturated carbocycles. The van der Waals surface area contributed by atoms with Gasteiger partial charge in [0.2, 0.25) is 0 Å². The molecular formula is C16H25NO. The first kappa shape index (κ1) is 13.6. The molecule has 0 spiro atoms. The third-order valence-corrected chi connectivity index (χ3v) is 3.65. The molecule has 1 aromatic carbocycles. The Morgan fingerprint density at radius 1 is 1.17 bits per heavy atom. The molecule has 0 bridgehead atoms. The van der Waals surface area contributed by atoms with E-state index < -0.39 is 0 Å². The van der Waals surface area contributed by atoms with Crippen molar-refractivity contribution in [1.29, 1.82) is 0 Å². The number of benzene rings is 1. The lowest BCUT2D eigenvalue weighted by Crippen LogP contribution is -2.38. The molecule has 1 fully saturated rings. The highest BCUT2D eigenvalue weighted by molar-refractivity contribution is 5.18. The van der Waals surface area contributed by atoms with E-state index in [4.69, 9.17) is 4.74 Å². The average molecular weight is 247 g/mol. The van der Waals surface area contributed by atoms with E-state index in [2.05, 4.69) is 42.2 Å². The minimum atomic E-state index is 0.270. The summed E-state index contributed by atoms with van der Waals surface area (Å²) < 4.78 is 5.88. The zero-order valence-electron chi connectivity index (χ0n) is 11.5. The number of nitrogens with zero attached hydrogens (tertiary/aromatic N) is 1. The van der Waals surface area contributed by atoms with Crippen LogP contribution in [0.5, 0.6) is 0 Å². The maximum Gasteiger partial charge on any atom is 0.0952 e. The van der Waals surface area contributed by atoms with E-state index in [9.17, 15) is 0 Å². The van der Waals surface area contributed by atoms with Gasteiger partial charge in [0.15, 0.2) is 0 Å². The number of hydrogen-bond donors (Lipinski definition) is 0. The van der Waals surface area contributed by atoms with Gasteiger partial charge in [-0.05, 0) is 18.5 Å². The molecule has 100 valence electrons. The molecule has 2 nitrogen and oxygen atoms in total. The van der Waals surface area contributed by atoms with Crippen molar-refractivity contribution in [3.05, 3.63) is 35.9 Å². The Balaban J connectivity index is 1.78. The lowest BCUT2D eigenvalue weighted by atomic mass is 10.1. The van der Waals surface area contributed by atoms with Gasteiger partial charge in [-0.25, -0.2) is 0 Å². The summed E-state index contributed by atoms with van der Waals surface area (Å²) in [5.74, 6) is 0. The number of unbranched alkanes of at least 4 members (excludes halogenated alkanes) is 3. The van der Waals surface area contributed by atoms with Crippen LogP contribution in [0.25, 0.3) is 0 Å². The van der Waals surface area contributed by atoms with Crippen LogP contribution in [0.3, 0.4) is 0 Å². The highest BCUT2D eigenvalue weighted by Crippen LogP contribution is 2.22. The van der Waals surface area contributed by atoms with Crippen LogP contribution in [0.4, 0.5) is 0 Å². The Bertz CT molecular complexity index is 325. The molecule has 2 heteroatoms. The molecule has 0 aliphatic carbocycles. The molecule has 1 unspecified atom stereocenters. The minimum absolute atomic E-state index is 0.270. The molecule has 1 heterocycles. The Labute approximate surface area is 111 Å². The quantitative estimate of drug-likeness (QED) is 0.712. The molecule has 1 aromatic rings. The Morgan fingerprint density at radius 2 is 2.00 bits per heavy atom. The summed E-state index contributed by atoms with van der Waals surface area (Å²) in [7, 11) is 0. The number of hydrogen-bond acceptors (Lipinski definition) is 2. The van der Waals surface area contributed by atoms with Gasteiger partial charge in [0.25, 0.3) is 0 Å². The van der Waals surface area contributed by atoms with Gasteiger partial charge in [-0.15, -0.1) is 0 Å². The van der Waals surface area contributed by atoms with Crippen molar-refractivity contribution in [3.8, 4) is 0 Å². The second-order valence-corrected chi connectivity index (χ2v) is 5.13. The molecule has 0 radical (unpaired) electrons. The van der Waals surface area contributed by atoms with Crippen molar-refractivity contribution in [2.75, 3.05) is 26.2 Å². The third kappa shape index (κ3) is 4.11. The van der Waals surface area contributed by atoms with Crippen LogP contribution in [-0.4, -0.2) is 31.1 Å². The lowest BCUT2D eigenvalue weighted by molar-refractivity contribution is -0.0303. The van der Waals surface area contributed by atoms with Crippen LogP contribution in [0.15, 0.2) is 30.3 Å². The highest BCUT2D eigenvalue weighted by Gasteiger charge is 2.20. The topological polar surface area (TPSA) is 12.5 Å². The first-order valence-corrected chi connectivity index (χ1v) is 7.29. The van der Waals surface area contributed by atoms with E-state index in [1.807, 2.05) is 0 Å². The first-order chi connectivity index (χ1) is 8.90. The third-order valence-electron chi connectivity index (χ3n) is 3.65. The predicted octanol–water partition coefficient (Wildman–Crippen LogP) is 3.64. The Kier molecular flexibility index (Phi) is 5.69. The predicted molar refractivity (Wildman–Crippen MR) is 75.7 cm³/mol. The van der Waals surface area contributed by atoms with Gasteiger partial charge < -0.3 is 4.74 Å². The van der Waals surface area contributed by atoms with Gasteiger partial charge in [0, 0.05) is 13.1 Å². The van der Waals surface area contributed by atoms with Crippen molar-refractivity contribution in [3.63, 3.8) is 0 Å². The van der Waals surface area contributed by atoms with Crippen molar-refractivity contribution < 1.29 is 4.74 Å². The Morgan fingerprint density at radius 3 is 2.78 bits per heavy atom. The molecule has 0 amide bonds. The fourth-order valence-electron chi connectivity index (χ4n) is 2.54. The van der Waals surface area contributed by atoms with E-state index in [0.717, 1.165) is 19.7 Å².